The summed E-state index contributed by atoms with van der Waals surface area (Å²) < 4.78 is 16.3. The summed E-state index contributed by atoms with van der Waals surface area (Å²) in [5.41, 5.74) is 0. The standard InChI is InChI=1S/C14H24O4/c1-2-16-7-8-17-6-5-14(15)11-9-12-3-4-13(10-11)18-12/h11-13H,2-10H2,1H3. The fourth-order valence-electron chi connectivity index (χ4n) is 2.86. The van der Waals surface area contributed by atoms with Crippen molar-refractivity contribution in [2.45, 2.75) is 51.2 Å². The number of Topliss-reactive ketones (excluding diaryl/α,β-unsaturated/α-hetero) is 1. The van der Waals surface area contributed by atoms with Gasteiger partial charge in [-0.15, -0.1) is 0 Å². The molecule has 0 amide bonds. The molecule has 0 aromatic rings. The summed E-state index contributed by atoms with van der Waals surface area (Å²) in [6, 6.07) is 0. The molecule has 2 heterocycles. The molecule has 2 rings (SSSR count). The highest BCUT2D eigenvalue weighted by Gasteiger charge is 2.37. The molecule has 4 heteroatoms. The first-order valence-electron chi connectivity index (χ1n) is 7.13. The van der Waals surface area contributed by atoms with Crippen LogP contribution in [0, 0.1) is 5.92 Å². The summed E-state index contributed by atoms with van der Waals surface area (Å²) in [5, 5.41) is 0. The maximum absolute atomic E-state index is 12.0. The Morgan fingerprint density at radius 2 is 1.78 bits per heavy atom. The van der Waals surface area contributed by atoms with Crippen molar-refractivity contribution in [1.29, 1.82) is 0 Å². The number of rotatable bonds is 8. The first-order chi connectivity index (χ1) is 8.79. The lowest BCUT2D eigenvalue weighted by Gasteiger charge is -2.27. The van der Waals surface area contributed by atoms with Crippen molar-refractivity contribution < 1.29 is 19.0 Å². The molecule has 2 aliphatic rings. The lowest BCUT2D eigenvalue weighted by molar-refractivity contribution is -0.129. The van der Waals surface area contributed by atoms with E-state index in [1.807, 2.05) is 6.92 Å². The van der Waals surface area contributed by atoms with Gasteiger partial charge < -0.3 is 14.2 Å². The molecule has 2 fully saturated rings. The largest absolute Gasteiger partial charge is 0.379 e. The molecule has 0 aromatic heterocycles. The van der Waals surface area contributed by atoms with E-state index in [0.717, 1.165) is 25.7 Å². The Bertz CT molecular complexity index is 255. The minimum atomic E-state index is 0.215. The van der Waals surface area contributed by atoms with Gasteiger partial charge in [0.15, 0.2) is 0 Å². The lowest BCUT2D eigenvalue weighted by atomic mass is 9.90. The summed E-state index contributed by atoms with van der Waals surface area (Å²) in [6.07, 6.45) is 5.35. The molecular formula is C14H24O4. The van der Waals surface area contributed by atoms with Gasteiger partial charge in [0.1, 0.15) is 5.78 Å². The smallest absolute Gasteiger partial charge is 0.138 e. The van der Waals surface area contributed by atoms with Crippen LogP contribution < -0.4 is 0 Å². The Balaban J connectivity index is 1.57. The van der Waals surface area contributed by atoms with Crippen LogP contribution in [0.2, 0.25) is 0 Å². The highest BCUT2D eigenvalue weighted by Crippen LogP contribution is 2.36. The molecule has 0 N–H and O–H groups in total. The third-order valence-corrected chi connectivity index (χ3v) is 3.81. The Morgan fingerprint density at radius 3 is 2.44 bits per heavy atom. The van der Waals surface area contributed by atoms with Crippen molar-refractivity contribution in [3.05, 3.63) is 0 Å². The molecule has 0 aromatic carbocycles. The third kappa shape index (κ3) is 4.04. The quantitative estimate of drug-likeness (QED) is 0.623. The molecule has 4 nitrogen and oxygen atoms in total. The molecule has 2 atom stereocenters. The van der Waals surface area contributed by atoms with E-state index in [0.29, 0.717) is 50.8 Å². The van der Waals surface area contributed by atoms with Crippen molar-refractivity contribution >= 4 is 5.78 Å². The minimum absolute atomic E-state index is 0.215. The maximum atomic E-state index is 12.0. The minimum Gasteiger partial charge on any atom is -0.379 e. The van der Waals surface area contributed by atoms with Crippen LogP contribution in [0.1, 0.15) is 39.0 Å². The number of ketones is 1. The first kappa shape index (κ1) is 14.0. The predicted molar refractivity (Wildman–Crippen MR) is 67.6 cm³/mol. The highest BCUT2D eigenvalue weighted by atomic mass is 16.5. The average molecular weight is 256 g/mol. The van der Waals surface area contributed by atoms with E-state index in [-0.39, 0.29) is 5.92 Å². The summed E-state index contributed by atoms with van der Waals surface area (Å²) in [4.78, 5) is 12.0. The topological polar surface area (TPSA) is 44.8 Å². The van der Waals surface area contributed by atoms with Gasteiger partial charge in [0.2, 0.25) is 0 Å². The van der Waals surface area contributed by atoms with E-state index in [1.165, 1.54) is 0 Å². The van der Waals surface area contributed by atoms with Gasteiger partial charge in [-0.1, -0.05) is 0 Å². The fourth-order valence-corrected chi connectivity index (χ4v) is 2.86. The second kappa shape index (κ2) is 7.22. The second-order valence-corrected chi connectivity index (χ2v) is 5.15. The van der Waals surface area contributed by atoms with Gasteiger partial charge in [0.05, 0.1) is 32.0 Å². The maximum Gasteiger partial charge on any atom is 0.138 e. The fraction of sp³-hybridized carbons (Fsp3) is 0.929. The molecular weight excluding hydrogens is 232 g/mol. The van der Waals surface area contributed by atoms with Crippen LogP contribution in [0.25, 0.3) is 0 Å². The molecule has 104 valence electrons. The normalized spacial score (nSPS) is 30.6. The predicted octanol–water partition coefficient (Wildman–Crippen LogP) is 1.96. The van der Waals surface area contributed by atoms with Gasteiger partial charge in [-0.05, 0) is 32.6 Å². The Morgan fingerprint density at radius 1 is 1.11 bits per heavy atom. The molecule has 18 heavy (non-hydrogen) atoms. The molecule has 0 saturated carbocycles. The highest BCUT2D eigenvalue weighted by molar-refractivity contribution is 5.81. The molecule has 0 spiro atoms. The van der Waals surface area contributed by atoms with Crippen molar-refractivity contribution in [3.63, 3.8) is 0 Å². The van der Waals surface area contributed by atoms with E-state index in [1.54, 1.807) is 0 Å². The van der Waals surface area contributed by atoms with Gasteiger partial charge in [-0.2, -0.15) is 0 Å². The summed E-state index contributed by atoms with van der Waals surface area (Å²) in [5.74, 6) is 0.568. The SMILES string of the molecule is CCOCCOCCC(=O)C1CC2CCC(C1)O2. The Kier molecular flexibility index (Phi) is 5.60. The molecule has 0 aliphatic carbocycles. The van der Waals surface area contributed by atoms with Crippen LogP contribution in [-0.2, 0) is 19.0 Å². The molecule has 2 aliphatic heterocycles. The van der Waals surface area contributed by atoms with E-state index in [2.05, 4.69) is 0 Å². The van der Waals surface area contributed by atoms with Crippen LogP contribution in [0.4, 0.5) is 0 Å². The zero-order valence-electron chi connectivity index (χ0n) is 11.2. The van der Waals surface area contributed by atoms with Gasteiger partial charge in [-0.25, -0.2) is 0 Å². The number of ether oxygens (including phenoxy) is 3. The van der Waals surface area contributed by atoms with Crippen molar-refractivity contribution in [2.75, 3.05) is 26.4 Å². The van der Waals surface area contributed by atoms with Crippen LogP contribution in [0.15, 0.2) is 0 Å². The van der Waals surface area contributed by atoms with E-state index < -0.39 is 0 Å². The second-order valence-electron chi connectivity index (χ2n) is 5.15. The number of carbonyl (C=O) groups is 1. The van der Waals surface area contributed by atoms with Crippen LogP contribution >= 0.6 is 0 Å². The third-order valence-electron chi connectivity index (χ3n) is 3.81. The van der Waals surface area contributed by atoms with Crippen molar-refractivity contribution in [1.82, 2.24) is 0 Å². The van der Waals surface area contributed by atoms with Gasteiger partial charge in [0.25, 0.3) is 0 Å². The van der Waals surface area contributed by atoms with Crippen molar-refractivity contribution in [2.24, 2.45) is 5.92 Å². The zero-order valence-corrected chi connectivity index (χ0v) is 11.2. The molecule has 2 saturated heterocycles. The van der Waals surface area contributed by atoms with Gasteiger partial charge >= 0.3 is 0 Å². The van der Waals surface area contributed by atoms with Crippen molar-refractivity contribution in [3.8, 4) is 0 Å². The van der Waals surface area contributed by atoms with E-state index >= 15 is 0 Å². The number of hydrogen-bond acceptors (Lipinski definition) is 4. The summed E-state index contributed by atoms with van der Waals surface area (Å²) in [6.45, 7) is 4.40. The number of hydrogen-bond donors (Lipinski definition) is 0. The van der Waals surface area contributed by atoms with E-state index in [9.17, 15) is 4.79 Å². The van der Waals surface area contributed by atoms with E-state index in [4.69, 9.17) is 14.2 Å². The zero-order chi connectivity index (χ0) is 12.8. The summed E-state index contributed by atoms with van der Waals surface area (Å²) >= 11 is 0. The Hall–Kier alpha value is -0.450. The summed E-state index contributed by atoms with van der Waals surface area (Å²) in [7, 11) is 0. The lowest BCUT2D eigenvalue weighted by Crippen LogP contribution is -2.30. The number of fused-ring (bicyclic) bond motifs is 2. The van der Waals surface area contributed by atoms with Gasteiger partial charge in [0, 0.05) is 18.9 Å². The molecule has 2 bridgehead atoms. The number of carbonyl (C=O) groups excluding carboxylic acids is 1. The molecule has 0 radical (unpaired) electrons. The Labute approximate surface area is 109 Å². The van der Waals surface area contributed by atoms with Gasteiger partial charge in [-0.3, -0.25) is 4.79 Å². The van der Waals surface area contributed by atoms with Crippen LogP contribution in [0.3, 0.4) is 0 Å². The van der Waals surface area contributed by atoms with Crippen LogP contribution in [0.5, 0.6) is 0 Å². The first-order valence-corrected chi connectivity index (χ1v) is 7.13. The monoisotopic (exact) mass is 256 g/mol. The molecule has 2 unspecified atom stereocenters. The average Bonchev–Trinajstić information content (AvgIpc) is 2.72. The van der Waals surface area contributed by atoms with Crippen LogP contribution in [-0.4, -0.2) is 44.4 Å².